The molecule has 2 aromatic heterocycles. The lowest BCUT2D eigenvalue weighted by Crippen LogP contribution is -2.26. The van der Waals surface area contributed by atoms with Crippen LogP contribution >= 0.6 is 0 Å². The number of hydrogen-bond acceptors (Lipinski definition) is 5. The van der Waals surface area contributed by atoms with Crippen molar-refractivity contribution in [3.63, 3.8) is 0 Å². The molecule has 1 N–H and O–H groups in total. The van der Waals surface area contributed by atoms with Gasteiger partial charge in [-0.25, -0.2) is 9.50 Å². The average Bonchev–Trinajstić information content (AvgIpc) is 3.19. The van der Waals surface area contributed by atoms with Gasteiger partial charge in [0.15, 0.2) is 0 Å². The molecular weight excluding hydrogens is 421 g/mol. The zero-order chi connectivity index (χ0) is 23.5. The van der Waals surface area contributed by atoms with Crippen molar-refractivity contribution in [2.24, 2.45) is 0 Å². The zero-order valence-corrected chi connectivity index (χ0v) is 18.6. The van der Waals surface area contributed by atoms with Crippen molar-refractivity contribution in [3.8, 4) is 0 Å². The number of rotatable bonds is 8. The van der Waals surface area contributed by atoms with E-state index in [9.17, 15) is 18.0 Å². The Labute approximate surface area is 184 Å². The largest absolute Gasteiger partial charge is 0.453 e. The highest BCUT2D eigenvalue weighted by Gasteiger charge is 2.37. The number of hydrogen-bond donors (Lipinski definition) is 1. The lowest BCUT2D eigenvalue weighted by atomic mass is 10.1. The van der Waals surface area contributed by atoms with Crippen LogP contribution in [0.3, 0.4) is 0 Å². The first-order valence-corrected chi connectivity index (χ1v) is 10.5. The minimum Gasteiger partial charge on any atom is -0.352 e. The molecule has 0 fully saturated rings. The number of amides is 1. The number of aromatic nitrogens is 4. The van der Waals surface area contributed by atoms with Crippen LogP contribution in [0.2, 0.25) is 0 Å². The normalized spacial score (nSPS) is 12.0. The second kappa shape index (κ2) is 9.64. The van der Waals surface area contributed by atoms with E-state index in [0.717, 1.165) is 29.7 Å². The standard InChI is InChI=1S/C22H27F3N6O/c1-5-30(6-2)13-17-9-7-16(8-10-17)12-26-19(32)11-18-14(3)27-21-28-20(22(23,24)25)29-31(21)15(18)4/h7-10H,5-6,11-13H2,1-4H3,(H,26,32). The molecule has 2 heterocycles. The maximum absolute atomic E-state index is 12.9. The highest BCUT2D eigenvalue weighted by atomic mass is 19.4. The third-order valence-electron chi connectivity index (χ3n) is 5.45. The van der Waals surface area contributed by atoms with Crippen molar-refractivity contribution in [1.82, 2.24) is 29.8 Å². The van der Waals surface area contributed by atoms with Gasteiger partial charge in [-0.15, -0.1) is 5.10 Å². The summed E-state index contributed by atoms with van der Waals surface area (Å²) in [6.07, 6.45) is -4.67. The van der Waals surface area contributed by atoms with Gasteiger partial charge in [0.2, 0.25) is 5.91 Å². The van der Waals surface area contributed by atoms with Gasteiger partial charge in [0.25, 0.3) is 11.6 Å². The van der Waals surface area contributed by atoms with Gasteiger partial charge in [0, 0.05) is 30.0 Å². The number of halogens is 3. The number of fused-ring (bicyclic) bond motifs is 1. The molecule has 0 aliphatic heterocycles. The number of aryl methyl sites for hydroxylation is 2. The summed E-state index contributed by atoms with van der Waals surface area (Å²) >= 11 is 0. The first-order chi connectivity index (χ1) is 15.1. The number of nitrogens with one attached hydrogen (secondary N) is 1. The Balaban J connectivity index is 1.66. The summed E-state index contributed by atoms with van der Waals surface area (Å²) in [4.78, 5) is 22.4. The number of benzene rings is 1. The Bertz CT molecular complexity index is 1090. The van der Waals surface area contributed by atoms with Crippen molar-refractivity contribution in [2.45, 2.75) is 53.4 Å². The molecule has 0 atom stereocenters. The predicted octanol–water partition coefficient (Wildman–Crippen LogP) is 3.46. The second-order valence-corrected chi connectivity index (χ2v) is 7.64. The molecule has 0 saturated heterocycles. The highest BCUT2D eigenvalue weighted by molar-refractivity contribution is 5.79. The van der Waals surface area contributed by atoms with Gasteiger partial charge in [0.05, 0.1) is 6.42 Å². The van der Waals surface area contributed by atoms with Gasteiger partial charge in [-0.3, -0.25) is 9.69 Å². The number of alkyl halides is 3. The molecule has 1 aromatic carbocycles. The van der Waals surface area contributed by atoms with E-state index in [1.165, 1.54) is 5.56 Å². The van der Waals surface area contributed by atoms with E-state index in [4.69, 9.17) is 0 Å². The summed E-state index contributed by atoms with van der Waals surface area (Å²) in [5.74, 6) is -1.64. The molecule has 0 aliphatic rings. The molecule has 3 rings (SSSR count). The van der Waals surface area contributed by atoms with Crippen LogP contribution in [0.25, 0.3) is 5.78 Å². The zero-order valence-electron chi connectivity index (χ0n) is 18.6. The summed E-state index contributed by atoms with van der Waals surface area (Å²) in [5.41, 5.74) is 3.57. The van der Waals surface area contributed by atoms with Crippen LogP contribution in [0.15, 0.2) is 24.3 Å². The molecule has 7 nitrogen and oxygen atoms in total. The molecule has 0 saturated carbocycles. The fourth-order valence-corrected chi connectivity index (χ4v) is 3.48. The van der Waals surface area contributed by atoms with Crippen LogP contribution in [0.1, 0.15) is 47.8 Å². The maximum atomic E-state index is 12.9. The molecule has 0 spiro atoms. The fourth-order valence-electron chi connectivity index (χ4n) is 3.48. The summed E-state index contributed by atoms with van der Waals surface area (Å²) < 4.78 is 39.8. The van der Waals surface area contributed by atoms with Crippen molar-refractivity contribution in [2.75, 3.05) is 13.1 Å². The molecule has 0 unspecified atom stereocenters. The van der Waals surface area contributed by atoms with E-state index in [1.807, 2.05) is 12.1 Å². The van der Waals surface area contributed by atoms with Crippen molar-refractivity contribution < 1.29 is 18.0 Å². The minimum atomic E-state index is -4.66. The first-order valence-electron chi connectivity index (χ1n) is 10.5. The van der Waals surface area contributed by atoms with Gasteiger partial charge >= 0.3 is 6.18 Å². The Morgan fingerprint density at radius 1 is 1.06 bits per heavy atom. The van der Waals surface area contributed by atoms with E-state index < -0.39 is 12.0 Å². The topological polar surface area (TPSA) is 75.4 Å². The smallest absolute Gasteiger partial charge is 0.352 e. The highest BCUT2D eigenvalue weighted by Crippen LogP contribution is 2.27. The summed E-state index contributed by atoms with van der Waals surface area (Å²) in [6, 6.07) is 8.07. The lowest BCUT2D eigenvalue weighted by molar-refractivity contribution is -0.144. The molecular formula is C22H27F3N6O. The molecule has 32 heavy (non-hydrogen) atoms. The number of nitrogens with zero attached hydrogens (tertiary/aromatic N) is 5. The predicted molar refractivity (Wildman–Crippen MR) is 114 cm³/mol. The van der Waals surface area contributed by atoms with E-state index in [0.29, 0.717) is 23.5 Å². The van der Waals surface area contributed by atoms with Crippen molar-refractivity contribution in [3.05, 3.63) is 58.2 Å². The van der Waals surface area contributed by atoms with E-state index in [-0.39, 0.29) is 18.1 Å². The molecule has 172 valence electrons. The van der Waals surface area contributed by atoms with Gasteiger partial charge in [-0.1, -0.05) is 38.1 Å². The summed E-state index contributed by atoms with van der Waals surface area (Å²) in [7, 11) is 0. The Hall–Kier alpha value is -3.01. The molecule has 0 bridgehead atoms. The van der Waals surface area contributed by atoms with Crippen LogP contribution in [-0.4, -0.2) is 43.5 Å². The number of carbonyl (C=O) groups is 1. The van der Waals surface area contributed by atoms with Crippen molar-refractivity contribution in [1.29, 1.82) is 0 Å². The monoisotopic (exact) mass is 448 g/mol. The lowest BCUT2D eigenvalue weighted by Gasteiger charge is -2.18. The molecule has 0 radical (unpaired) electrons. The first kappa shape index (κ1) is 23.6. The average molecular weight is 448 g/mol. The fraction of sp³-hybridized carbons (Fsp3) is 0.455. The SMILES string of the molecule is CCN(CC)Cc1ccc(CNC(=O)Cc2c(C)nc3nc(C(F)(F)F)nn3c2C)cc1. The van der Waals surface area contributed by atoms with Crippen molar-refractivity contribution >= 4 is 11.7 Å². The molecule has 3 aromatic rings. The van der Waals surface area contributed by atoms with Crippen LogP contribution in [0.5, 0.6) is 0 Å². The van der Waals surface area contributed by atoms with Gasteiger partial charge < -0.3 is 5.32 Å². The van der Waals surface area contributed by atoms with Crippen LogP contribution in [0, 0.1) is 13.8 Å². The Morgan fingerprint density at radius 3 is 2.28 bits per heavy atom. The quantitative estimate of drug-likeness (QED) is 0.571. The summed E-state index contributed by atoms with van der Waals surface area (Å²) in [5, 5.41) is 6.37. The Morgan fingerprint density at radius 2 is 1.69 bits per heavy atom. The Kier molecular flexibility index (Phi) is 7.12. The van der Waals surface area contributed by atoms with E-state index in [2.05, 4.69) is 51.3 Å². The van der Waals surface area contributed by atoms with Crippen LogP contribution in [0.4, 0.5) is 13.2 Å². The maximum Gasteiger partial charge on any atom is 0.453 e. The van der Waals surface area contributed by atoms with Crippen LogP contribution < -0.4 is 5.32 Å². The molecule has 0 aliphatic carbocycles. The molecule has 1 amide bonds. The van der Waals surface area contributed by atoms with Gasteiger partial charge in [-0.2, -0.15) is 18.2 Å². The van der Waals surface area contributed by atoms with E-state index >= 15 is 0 Å². The summed E-state index contributed by atoms with van der Waals surface area (Å²) in [6.45, 7) is 10.7. The third-order valence-corrected chi connectivity index (χ3v) is 5.45. The van der Waals surface area contributed by atoms with Crippen LogP contribution in [-0.2, 0) is 30.5 Å². The second-order valence-electron chi connectivity index (χ2n) is 7.64. The minimum absolute atomic E-state index is 0.0120. The van der Waals surface area contributed by atoms with E-state index in [1.54, 1.807) is 13.8 Å². The van der Waals surface area contributed by atoms with Gasteiger partial charge in [-0.05, 0) is 38.1 Å². The number of carbonyl (C=O) groups excluding carboxylic acids is 1. The third kappa shape index (κ3) is 5.42. The van der Waals surface area contributed by atoms with Gasteiger partial charge in [0.1, 0.15) is 0 Å². The molecule has 10 heteroatoms.